The lowest BCUT2D eigenvalue weighted by molar-refractivity contribution is 0.105. The molecular formula is C20H26N6. The second kappa shape index (κ2) is 8.69. The van der Waals surface area contributed by atoms with Crippen LogP contribution in [0.1, 0.15) is 18.5 Å². The number of nitrogens with two attached hydrogens (primary N) is 1. The van der Waals surface area contributed by atoms with Gasteiger partial charge in [0.15, 0.2) is 0 Å². The highest BCUT2D eigenvalue weighted by Gasteiger charge is 2.23. The largest absolute Gasteiger partial charge is 0.396 e. The number of rotatable bonds is 6. The Balaban J connectivity index is 1.59. The third-order valence-electron chi connectivity index (χ3n) is 4.83. The highest BCUT2D eigenvalue weighted by atomic mass is 15.3. The minimum absolute atomic E-state index is 0.344. The highest BCUT2D eigenvalue weighted by Crippen LogP contribution is 2.27. The van der Waals surface area contributed by atoms with Crippen LogP contribution in [0.5, 0.6) is 0 Å². The summed E-state index contributed by atoms with van der Waals surface area (Å²) in [7, 11) is 0. The maximum Gasteiger partial charge on any atom is 0.0911 e. The molecule has 3 rings (SSSR count). The normalized spacial score (nSPS) is 18.4. The summed E-state index contributed by atoms with van der Waals surface area (Å²) in [5.74, 6) is 0. The van der Waals surface area contributed by atoms with E-state index in [1.165, 1.54) is 17.1 Å². The van der Waals surface area contributed by atoms with Crippen LogP contribution in [0.3, 0.4) is 0 Å². The Hall–Kier alpha value is -2.57. The number of allylic oxidation sites excluding steroid dienone is 1. The Morgan fingerprint density at radius 3 is 2.81 bits per heavy atom. The van der Waals surface area contributed by atoms with E-state index in [1.807, 2.05) is 12.3 Å². The fraction of sp³-hybridized carbons (Fsp3) is 0.350. The first-order chi connectivity index (χ1) is 12.7. The van der Waals surface area contributed by atoms with E-state index < -0.39 is 0 Å². The van der Waals surface area contributed by atoms with Crippen molar-refractivity contribution in [2.24, 2.45) is 15.7 Å². The van der Waals surface area contributed by atoms with Crippen molar-refractivity contribution in [2.75, 3.05) is 32.8 Å². The quantitative estimate of drug-likeness (QED) is 0.813. The molecule has 0 spiro atoms. The van der Waals surface area contributed by atoms with E-state index >= 15 is 0 Å². The van der Waals surface area contributed by atoms with Crippen LogP contribution in [-0.4, -0.2) is 60.6 Å². The molecule has 26 heavy (non-hydrogen) atoms. The topological polar surface area (TPSA) is 70.1 Å². The van der Waals surface area contributed by atoms with Crippen molar-refractivity contribution in [1.29, 1.82) is 0 Å². The van der Waals surface area contributed by atoms with Gasteiger partial charge in [-0.05, 0) is 25.3 Å². The monoisotopic (exact) mass is 350 g/mol. The van der Waals surface area contributed by atoms with Crippen molar-refractivity contribution in [3.63, 3.8) is 0 Å². The van der Waals surface area contributed by atoms with E-state index in [0.29, 0.717) is 18.4 Å². The van der Waals surface area contributed by atoms with Crippen LogP contribution in [0.2, 0.25) is 0 Å². The van der Waals surface area contributed by atoms with Gasteiger partial charge in [-0.2, -0.15) is 0 Å². The molecule has 1 fully saturated rings. The standard InChI is InChI=1S/C20H26N6/c1-16(19-7-3-5-17-6-4-8-24-20(17)19)26-11-9-25(10-12-26)15-23-14-18(21)13-22-2/h3-8,13-14,16H,2,9-12,15,21H2,1H3/b18-13+,23-14?. The molecule has 1 atom stereocenters. The molecule has 0 amide bonds. The smallest absolute Gasteiger partial charge is 0.0911 e. The zero-order valence-corrected chi connectivity index (χ0v) is 15.3. The first kappa shape index (κ1) is 18.2. The second-order valence-corrected chi connectivity index (χ2v) is 6.52. The lowest BCUT2D eigenvalue weighted by Crippen LogP contribution is -2.47. The molecule has 1 aliphatic heterocycles. The molecule has 0 aliphatic carbocycles. The van der Waals surface area contributed by atoms with E-state index in [9.17, 15) is 0 Å². The van der Waals surface area contributed by atoms with Gasteiger partial charge in [0, 0.05) is 50.0 Å². The number of pyridine rings is 1. The molecule has 0 bridgehead atoms. The second-order valence-electron chi connectivity index (χ2n) is 6.52. The van der Waals surface area contributed by atoms with Crippen LogP contribution in [0.4, 0.5) is 0 Å². The van der Waals surface area contributed by atoms with E-state index in [0.717, 1.165) is 31.7 Å². The van der Waals surface area contributed by atoms with E-state index in [1.54, 1.807) is 6.21 Å². The van der Waals surface area contributed by atoms with Crippen molar-refractivity contribution < 1.29 is 0 Å². The molecule has 2 aromatic rings. The average Bonchev–Trinajstić information content (AvgIpc) is 2.68. The van der Waals surface area contributed by atoms with Crippen LogP contribution < -0.4 is 5.73 Å². The SMILES string of the molecule is C=N/C=C(/N)C=NCN1CCN(C(C)c2cccc3cccnc23)CC1. The molecule has 136 valence electrons. The van der Waals surface area contributed by atoms with Gasteiger partial charge < -0.3 is 5.73 Å². The maximum atomic E-state index is 5.72. The summed E-state index contributed by atoms with van der Waals surface area (Å²) < 4.78 is 0. The first-order valence-corrected chi connectivity index (χ1v) is 8.90. The molecule has 1 aromatic carbocycles. The van der Waals surface area contributed by atoms with Crippen LogP contribution in [0, 0.1) is 0 Å². The van der Waals surface area contributed by atoms with Gasteiger partial charge in [0.2, 0.25) is 0 Å². The molecule has 6 heteroatoms. The lowest BCUT2D eigenvalue weighted by atomic mass is 10.0. The molecule has 6 nitrogen and oxygen atoms in total. The van der Waals surface area contributed by atoms with Gasteiger partial charge in [0.1, 0.15) is 0 Å². The molecule has 2 heterocycles. The number of fused-ring (bicyclic) bond motifs is 1. The summed E-state index contributed by atoms with van der Waals surface area (Å²) in [6.45, 7) is 10.3. The lowest BCUT2D eigenvalue weighted by Gasteiger charge is -2.37. The molecule has 1 unspecified atom stereocenters. The van der Waals surface area contributed by atoms with Crippen LogP contribution >= 0.6 is 0 Å². The summed E-state index contributed by atoms with van der Waals surface area (Å²) >= 11 is 0. The molecule has 0 saturated carbocycles. The van der Waals surface area contributed by atoms with Crippen molar-refractivity contribution >= 4 is 23.8 Å². The number of para-hydroxylation sites is 1. The zero-order chi connectivity index (χ0) is 18.4. The fourth-order valence-electron chi connectivity index (χ4n) is 3.35. The molecule has 1 aromatic heterocycles. The number of piperazine rings is 1. The van der Waals surface area contributed by atoms with Crippen LogP contribution in [0.15, 0.2) is 58.4 Å². The number of hydrogen-bond acceptors (Lipinski definition) is 6. The summed E-state index contributed by atoms with van der Waals surface area (Å²) in [5, 5.41) is 1.20. The van der Waals surface area contributed by atoms with Crippen molar-refractivity contribution in [3.8, 4) is 0 Å². The van der Waals surface area contributed by atoms with Crippen molar-refractivity contribution in [1.82, 2.24) is 14.8 Å². The van der Waals surface area contributed by atoms with Crippen LogP contribution in [-0.2, 0) is 0 Å². The molecule has 1 aliphatic rings. The predicted molar refractivity (Wildman–Crippen MR) is 108 cm³/mol. The molecule has 0 radical (unpaired) electrons. The number of hydrogen-bond donors (Lipinski definition) is 1. The minimum Gasteiger partial charge on any atom is -0.396 e. The number of aromatic nitrogens is 1. The zero-order valence-electron chi connectivity index (χ0n) is 15.3. The maximum absolute atomic E-state index is 5.72. The van der Waals surface area contributed by atoms with Crippen molar-refractivity contribution in [2.45, 2.75) is 13.0 Å². The van der Waals surface area contributed by atoms with Gasteiger partial charge in [0.05, 0.1) is 24.1 Å². The number of aliphatic imine (C=N–C) groups is 2. The van der Waals surface area contributed by atoms with Gasteiger partial charge >= 0.3 is 0 Å². The van der Waals surface area contributed by atoms with Crippen molar-refractivity contribution in [3.05, 3.63) is 54.0 Å². The Morgan fingerprint density at radius 2 is 2.04 bits per heavy atom. The van der Waals surface area contributed by atoms with Gasteiger partial charge in [-0.25, -0.2) is 0 Å². The van der Waals surface area contributed by atoms with E-state index in [4.69, 9.17) is 5.73 Å². The van der Waals surface area contributed by atoms with Gasteiger partial charge in [-0.15, -0.1) is 0 Å². The number of nitrogens with zero attached hydrogens (tertiary/aromatic N) is 5. The first-order valence-electron chi connectivity index (χ1n) is 8.90. The Labute approximate surface area is 154 Å². The third kappa shape index (κ3) is 4.33. The summed E-state index contributed by atoms with van der Waals surface area (Å²) in [5.41, 5.74) is 8.64. The van der Waals surface area contributed by atoms with Crippen LogP contribution in [0.25, 0.3) is 10.9 Å². The Morgan fingerprint density at radius 1 is 1.27 bits per heavy atom. The average molecular weight is 350 g/mol. The Bertz CT molecular complexity index is 800. The van der Waals surface area contributed by atoms with Gasteiger partial charge in [0.25, 0.3) is 0 Å². The van der Waals surface area contributed by atoms with Gasteiger partial charge in [-0.3, -0.25) is 24.8 Å². The van der Waals surface area contributed by atoms with E-state index in [2.05, 4.69) is 62.7 Å². The fourth-order valence-corrected chi connectivity index (χ4v) is 3.35. The minimum atomic E-state index is 0.344. The third-order valence-corrected chi connectivity index (χ3v) is 4.83. The summed E-state index contributed by atoms with van der Waals surface area (Å²) in [6.07, 6.45) is 5.02. The Kier molecular flexibility index (Phi) is 6.09. The number of benzene rings is 1. The van der Waals surface area contributed by atoms with E-state index in [-0.39, 0.29) is 0 Å². The molecular weight excluding hydrogens is 324 g/mol. The predicted octanol–water partition coefficient (Wildman–Crippen LogP) is 2.44. The molecule has 1 saturated heterocycles. The summed E-state index contributed by atoms with van der Waals surface area (Å²) in [4.78, 5) is 17.4. The summed E-state index contributed by atoms with van der Waals surface area (Å²) in [6, 6.07) is 10.9. The van der Waals surface area contributed by atoms with Gasteiger partial charge in [-0.1, -0.05) is 24.3 Å². The highest BCUT2D eigenvalue weighted by molar-refractivity contribution is 5.82. The molecule has 2 N–H and O–H groups in total.